The molecule has 250 valence electrons. The SMILES string of the molecule is Nc1ccc(C(=O)N2CCN(CCOCCOCCNC(=O)CNc3cccc4c3C(=O)N(C3CCC(=O)NC3=O)C4=O)CC2)cc1. The Bertz CT molecular complexity index is 1510. The van der Waals surface area contributed by atoms with Crippen molar-refractivity contribution in [3.05, 3.63) is 59.2 Å². The number of anilines is 2. The maximum atomic E-state index is 13.2. The molecule has 3 aliphatic rings. The standard InChI is InChI=1S/C32H39N7O8/c33-22-6-4-21(5-7-22)30(43)38-13-11-37(12-14-38)15-17-47-19-18-46-16-10-34-27(41)20-35-24-3-1-2-23-28(24)32(45)39(31(23)44)25-8-9-26(40)36-29(25)42/h1-7,25,35H,8-20,33H2,(H,34,41)(H,36,40,42). The number of carbonyl (C=O) groups excluding carboxylic acids is 6. The average molecular weight is 650 g/mol. The van der Waals surface area contributed by atoms with E-state index in [4.69, 9.17) is 15.2 Å². The summed E-state index contributed by atoms with van der Waals surface area (Å²) in [5.74, 6) is -2.72. The molecule has 0 aromatic heterocycles. The molecule has 0 aliphatic carbocycles. The number of rotatable bonds is 14. The third-order valence-corrected chi connectivity index (χ3v) is 8.22. The zero-order valence-corrected chi connectivity index (χ0v) is 26.0. The molecule has 15 nitrogen and oxygen atoms in total. The molecule has 0 radical (unpaired) electrons. The van der Waals surface area contributed by atoms with Gasteiger partial charge in [-0.15, -0.1) is 0 Å². The van der Waals surface area contributed by atoms with E-state index in [2.05, 4.69) is 20.9 Å². The first-order valence-corrected chi connectivity index (χ1v) is 15.6. The Labute approximate surface area is 271 Å². The molecule has 47 heavy (non-hydrogen) atoms. The minimum Gasteiger partial charge on any atom is -0.399 e. The normalized spacial score (nSPS) is 18.3. The second-order valence-corrected chi connectivity index (χ2v) is 11.4. The number of amides is 6. The number of benzene rings is 2. The second kappa shape index (κ2) is 15.6. The maximum absolute atomic E-state index is 13.2. The summed E-state index contributed by atoms with van der Waals surface area (Å²) in [6, 6.07) is 10.5. The fourth-order valence-electron chi connectivity index (χ4n) is 5.66. The van der Waals surface area contributed by atoms with Crippen LogP contribution in [0.2, 0.25) is 0 Å². The van der Waals surface area contributed by atoms with Crippen LogP contribution in [-0.2, 0) is 23.9 Å². The molecule has 3 aliphatic heterocycles. The van der Waals surface area contributed by atoms with Crippen LogP contribution in [-0.4, -0.2) is 128 Å². The van der Waals surface area contributed by atoms with E-state index in [1.54, 1.807) is 36.4 Å². The molecule has 0 bridgehead atoms. The molecule has 2 aromatic carbocycles. The number of fused-ring (bicyclic) bond motifs is 1. The third kappa shape index (κ3) is 8.30. The van der Waals surface area contributed by atoms with Gasteiger partial charge in [-0.05, 0) is 42.8 Å². The van der Waals surface area contributed by atoms with Gasteiger partial charge < -0.3 is 30.7 Å². The molecule has 2 fully saturated rings. The number of nitrogens with zero attached hydrogens (tertiary/aromatic N) is 3. The number of hydrogen-bond donors (Lipinski definition) is 4. The quantitative estimate of drug-likeness (QED) is 0.119. The number of hydrogen-bond acceptors (Lipinski definition) is 11. The Morgan fingerprint density at radius 3 is 2.34 bits per heavy atom. The molecular formula is C32H39N7O8. The molecule has 0 saturated carbocycles. The molecule has 1 unspecified atom stereocenters. The number of nitrogen functional groups attached to an aromatic ring is 1. The molecule has 2 aromatic rings. The van der Waals surface area contributed by atoms with Crippen molar-refractivity contribution in [2.24, 2.45) is 0 Å². The average Bonchev–Trinajstić information content (AvgIpc) is 3.32. The Balaban J connectivity index is 0.920. The number of piperazine rings is 1. The number of nitrogens with two attached hydrogens (primary N) is 1. The lowest BCUT2D eigenvalue weighted by molar-refractivity contribution is -0.136. The van der Waals surface area contributed by atoms with E-state index in [1.165, 1.54) is 6.07 Å². The van der Waals surface area contributed by atoms with Gasteiger partial charge in [0.05, 0.1) is 44.1 Å². The Morgan fingerprint density at radius 1 is 0.894 bits per heavy atom. The highest BCUT2D eigenvalue weighted by atomic mass is 16.5. The van der Waals surface area contributed by atoms with Crippen LogP contribution in [0.1, 0.15) is 43.9 Å². The Morgan fingerprint density at radius 2 is 1.62 bits per heavy atom. The van der Waals surface area contributed by atoms with Gasteiger partial charge in [-0.25, -0.2) is 0 Å². The summed E-state index contributed by atoms with van der Waals surface area (Å²) in [5, 5.41) is 7.80. The van der Waals surface area contributed by atoms with Crippen LogP contribution in [0.5, 0.6) is 0 Å². The van der Waals surface area contributed by atoms with Crippen molar-refractivity contribution in [3.8, 4) is 0 Å². The first-order chi connectivity index (χ1) is 22.7. The number of piperidine rings is 1. The minimum atomic E-state index is -1.07. The monoisotopic (exact) mass is 649 g/mol. The first kappa shape index (κ1) is 33.5. The van der Waals surface area contributed by atoms with Gasteiger partial charge in [0.15, 0.2) is 0 Å². The summed E-state index contributed by atoms with van der Waals surface area (Å²) < 4.78 is 11.2. The van der Waals surface area contributed by atoms with Gasteiger partial charge >= 0.3 is 0 Å². The molecule has 1 atom stereocenters. The predicted molar refractivity (Wildman–Crippen MR) is 169 cm³/mol. The van der Waals surface area contributed by atoms with Gasteiger partial charge in [0.2, 0.25) is 17.7 Å². The van der Waals surface area contributed by atoms with Crippen molar-refractivity contribution in [3.63, 3.8) is 0 Å². The van der Waals surface area contributed by atoms with E-state index in [1.807, 2.05) is 4.90 Å². The molecule has 0 spiro atoms. The lowest BCUT2D eigenvalue weighted by Crippen LogP contribution is -2.54. The number of imide groups is 2. The van der Waals surface area contributed by atoms with E-state index in [0.717, 1.165) is 24.5 Å². The third-order valence-electron chi connectivity index (χ3n) is 8.22. The molecule has 15 heteroatoms. The predicted octanol–water partition coefficient (Wildman–Crippen LogP) is -0.311. The smallest absolute Gasteiger partial charge is 0.264 e. The number of carbonyl (C=O) groups is 6. The summed E-state index contributed by atoms with van der Waals surface area (Å²) >= 11 is 0. The van der Waals surface area contributed by atoms with E-state index in [-0.39, 0.29) is 55.5 Å². The topological polar surface area (TPSA) is 193 Å². The molecule has 5 N–H and O–H groups in total. The highest BCUT2D eigenvalue weighted by Gasteiger charge is 2.45. The van der Waals surface area contributed by atoms with Crippen LogP contribution in [0.25, 0.3) is 0 Å². The van der Waals surface area contributed by atoms with Crippen LogP contribution in [0.3, 0.4) is 0 Å². The van der Waals surface area contributed by atoms with Crippen LogP contribution < -0.4 is 21.7 Å². The lowest BCUT2D eigenvalue weighted by Gasteiger charge is -2.34. The van der Waals surface area contributed by atoms with Crippen molar-refractivity contribution in [2.75, 3.05) is 83.3 Å². The number of ether oxygens (including phenoxy) is 2. The molecule has 6 amide bonds. The highest BCUT2D eigenvalue weighted by Crippen LogP contribution is 2.32. The van der Waals surface area contributed by atoms with Gasteiger partial charge in [-0.2, -0.15) is 0 Å². The van der Waals surface area contributed by atoms with Crippen LogP contribution >= 0.6 is 0 Å². The van der Waals surface area contributed by atoms with Gasteiger partial charge in [0.25, 0.3) is 17.7 Å². The van der Waals surface area contributed by atoms with Crippen molar-refractivity contribution in [1.29, 1.82) is 0 Å². The molecule has 5 rings (SSSR count). The summed E-state index contributed by atoms with van der Waals surface area (Å²) in [4.78, 5) is 79.9. The molecule has 3 heterocycles. The van der Waals surface area contributed by atoms with E-state index < -0.39 is 29.7 Å². The molecular weight excluding hydrogens is 610 g/mol. The van der Waals surface area contributed by atoms with Gasteiger partial charge in [0.1, 0.15) is 6.04 Å². The van der Waals surface area contributed by atoms with Crippen LogP contribution in [0.4, 0.5) is 11.4 Å². The van der Waals surface area contributed by atoms with Crippen LogP contribution in [0, 0.1) is 0 Å². The summed E-state index contributed by atoms with van der Waals surface area (Å²) in [7, 11) is 0. The summed E-state index contributed by atoms with van der Waals surface area (Å²) in [6.45, 7) is 5.34. The summed E-state index contributed by atoms with van der Waals surface area (Å²) in [6.07, 6.45) is 0.0897. The fourth-order valence-corrected chi connectivity index (χ4v) is 5.66. The maximum Gasteiger partial charge on any atom is 0.264 e. The Hall–Kier alpha value is -4.86. The van der Waals surface area contributed by atoms with Crippen molar-refractivity contribution < 1.29 is 38.2 Å². The zero-order valence-electron chi connectivity index (χ0n) is 26.0. The van der Waals surface area contributed by atoms with Gasteiger partial charge in [-0.1, -0.05) is 6.07 Å². The number of nitrogens with one attached hydrogen (secondary N) is 3. The lowest BCUT2D eigenvalue weighted by atomic mass is 10.0. The van der Waals surface area contributed by atoms with E-state index >= 15 is 0 Å². The van der Waals surface area contributed by atoms with Crippen molar-refractivity contribution >= 4 is 46.8 Å². The molecule has 2 saturated heterocycles. The van der Waals surface area contributed by atoms with Gasteiger partial charge in [0, 0.05) is 62.6 Å². The minimum absolute atomic E-state index is 0.0131. The van der Waals surface area contributed by atoms with E-state index in [9.17, 15) is 28.8 Å². The largest absolute Gasteiger partial charge is 0.399 e. The van der Waals surface area contributed by atoms with E-state index in [0.29, 0.717) is 49.8 Å². The fraction of sp³-hybridized carbons (Fsp3) is 0.438. The van der Waals surface area contributed by atoms with Gasteiger partial charge in [-0.3, -0.25) is 43.9 Å². The van der Waals surface area contributed by atoms with Crippen molar-refractivity contribution in [1.82, 2.24) is 25.3 Å². The highest BCUT2D eigenvalue weighted by molar-refractivity contribution is 6.25. The second-order valence-electron chi connectivity index (χ2n) is 11.4. The van der Waals surface area contributed by atoms with Crippen molar-refractivity contribution in [2.45, 2.75) is 18.9 Å². The zero-order chi connectivity index (χ0) is 33.3. The summed E-state index contributed by atoms with van der Waals surface area (Å²) in [5.41, 5.74) is 7.49. The first-order valence-electron chi connectivity index (χ1n) is 15.6. The Kier molecular flexibility index (Phi) is 11.1. The van der Waals surface area contributed by atoms with Crippen LogP contribution in [0.15, 0.2) is 42.5 Å².